The van der Waals surface area contributed by atoms with Crippen LogP contribution in [0.2, 0.25) is 0 Å². The Labute approximate surface area is 188 Å². The topological polar surface area (TPSA) is 59.8 Å². The SMILES string of the molecule is Cc1cccc(NC(=O)CSc2nnc(-c3ccc(F)cc3)n2-c2ccc(F)cc2)c1C. The molecule has 3 aromatic carbocycles. The van der Waals surface area contributed by atoms with Crippen molar-refractivity contribution in [3.8, 4) is 17.1 Å². The van der Waals surface area contributed by atoms with Gasteiger partial charge >= 0.3 is 0 Å². The number of carbonyl (C=O) groups is 1. The second kappa shape index (κ2) is 9.32. The molecule has 0 saturated heterocycles. The molecular formula is C24H20F2N4OS. The number of halogens is 2. The van der Waals surface area contributed by atoms with E-state index in [2.05, 4.69) is 15.5 Å². The van der Waals surface area contributed by atoms with Crippen molar-refractivity contribution in [3.63, 3.8) is 0 Å². The summed E-state index contributed by atoms with van der Waals surface area (Å²) in [5.74, 6) is -0.336. The lowest BCUT2D eigenvalue weighted by Gasteiger charge is -2.12. The van der Waals surface area contributed by atoms with Gasteiger partial charge in [0, 0.05) is 16.9 Å². The van der Waals surface area contributed by atoms with Gasteiger partial charge in [0.1, 0.15) is 11.6 Å². The zero-order valence-corrected chi connectivity index (χ0v) is 18.3. The van der Waals surface area contributed by atoms with Gasteiger partial charge in [-0.2, -0.15) is 0 Å². The standard InChI is InChI=1S/C24H20F2N4OS/c1-15-4-3-5-21(16(15)2)27-22(31)14-32-24-29-28-23(17-6-8-18(25)9-7-17)30(24)20-12-10-19(26)11-13-20/h3-13H,14H2,1-2H3,(H,27,31). The number of aryl methyl sites for hydroxylation is 1. The quantitative estimate of drug-likeness (QED) is 0.391. The van der Waals surface area contributed by atoms with Crippen LogP contribution in [0.4, 0.5) is 14.5 Å². The monoisotopic (exact) mass is 450 g/mol. The summed E-state index contributed by atoms with van der Waals surface area (Å²) in [4.78, 5) is 12.6. The predicted molar refractivity (Wildman–Crippen MR) is 122 cm³/mol. The molecule has 1 amide bonds. The smallest absolute Gasteiger partial charge is 0.234 e. The highest BCUT2D eigenvalue weighted by atomic mass is 32.2. The molecular weight excluding hydrogens is 430 g/mol. The lowest BCUT2D eigenvalue weighted by molar-refractivity contribution is -0.113. The fraction of sp³-hybridized carbons (Fsp3) is 0.125. The molecule has 5 nitrogen and oxygen atoms in total. The maximum atomic E-state index is 13.5. The fourth-order valence-electron chi connectivity index (χ4n) is 3.18. The second-order valence-electron chi connectivity index (χ2n) is 7.21. The molecule has 4 rings (SSSR count). The summed E-state index contributed by atoms with van der Waals surface area (Å²) in [6.07, 6.45) is 0. The Morgan fingerprint density at radius 1 is 0.938 bits per heavy atom. The van der Waals surface area contributed by atoms with E-state index in [0.29, 0.717) is 22.2 Å². The predicted octanol–water partition coefficient (Wildman–Crippen LogP) is 5.56. The molecule has 0 unspecified atom stereocenters. The van der Waals surface area contributed by atoms with Gasteiger partial charge in [-0.15, -0.1) is 10.2 Å². The number of nitrogens with one attached hydrogen (secondary N) is 1. The van der Waals surface area contributed by atoms with Gasteiger partial charge < -0.3 is 5.32 Å². The van der Waals surface area contributed by atoms with Gasteiger partial charge in [-0.1, -0.05) is 23.9 Å². The van der Waals surface area contributed by atoms with Crippen molar-refractivity contribution >= 4 is 23.4 Å². The van der Waals surface area contributed by atoms with E-state index in [9.17, 15) is 13.6 Å². The molecule has 0 aliphatic carbocycles. The van der Waals surface area contributed by atoms with Gasteiger partial charge in [-0.05, 0) is 79.6 Å². The van der Waals surface area contributed by atoms with E-state index in [0.717, 1.165) is 16.8 Å². The molecule has 8 heteroatoms. The van der Waals surface area contributed by atoms with Gasteiger partial charge in [-0.3, -0.25) is 9.36 Å². The van der Waals surface area contributed by atoms with Crippen LogP contribution in [-0.2, 0) is 4.79 Å². The Bertz CT molecular complexity index is 1250. The number of thioether (sulfide) groups is 1. The normalized spacial score (nSPS) is 10.9. The summed E-state index contributed by atoms with van der Waals surface area (Å²) in [6, 6.07) is 17.5. The average molecular weight is 451 g/mol. The number of amides is 1. The molecule has 0 fully saturated rings. The van der Waals surface area contributed by atoms with Crippen molar-refractivity contribution in [2.45, 2.75) is 19.0 Å². The molecule has 1 aromatic heterocycles. The third-order valence-electron chi connectivity index (χ3n) is 5.03. The Kier molecular flexibility index (Phi) is 6.32. The van der Waals surface area contributed by atoms with Crippen LogP contribution in [0, 0.1) is 25.5 Å². The molecule has 1 N–H and O–H groups in total. The Morgan fingerprint density at radius 3 is 2.28 bits per heavy atom. The number of hydrogen-bond acceptors (Lipinski definition) is 4. The van der Waals surface area contributed by atoms with E-state index in [1.54, 1.807) is 28.8 Å². The van der Waals surface area contributed by atoms with E-state index in [1.165, 1.54) is 36.0 Å². The van der Waals surface area contributed by atoms with Gasteiger partial charge in [0.25, 0.3) is 0 Å². The molecule has 0 spiro atoms. The van der Waals surface area contributed by atoms with Crippen LogP contribution in [0.1, 0.15) is 11.1 Å². The minimum Gasteiger partial charge on any atom is -0.325 e. The van der Waals surface area contributed by atoms with Crippen molar-refractivity contribution in [2.24, 2.45) is 0 Å². The second-order valence-corrected chi connectivity index (χ2v) is 8.15. The lowest BCUT2D eigenvalue weighted by atomic mass is 10.1. The van der Waals surface area contributed by atoms with Crippen LogP contribution in [0.3, 0.4) is 0 Å². The van der Waals surface area contributed by atoms with Crippen molar-refractivity contribution < 1.29 is 13.6 Å². The average Bonchev–Trinajstić information content (AvgIpc) is 3.20. The summed E-state index contributed by atoms with van der Waals surface area (Å²) in [6.45, 7) is 3.94. The zero-order chi connectivity index (χ0) is 22.7. The maximum absolute atomic E-state index is 13.5. The van der Waals surface area contributed by atoms with Crippen molar-refractivity contribution in [3.05, 3.63) is 89.5 Å². The summed E-state index contributed by atoms with van der Waals surface area (Å²) in [5, 5.41) is 11.9. The van der Waals surface area contributed by atoms with Gasteiger partial charge in [0.2, 0.25) is 5.91 Å². The first-order valence-electron chi connectivity index (χ1n) is 9.88. The van der Waals surface area contributed by atoms with E-state index in [4.69, 9.17) is 0 Å². The first-order chi connectivity index (χ1) is 15.4. The highest BCUT2D eigenvalue weighted by Gasteiger charge is 2.18. The van der Waals surface area contributed by atoms with Gasteiger partial charge in [0.15, 0.2) is 11.0 Å². The third-order valence-corrected chi connectivity index (χ3v) is 5.96. The zero-order valence-electron chi connectivity index (χ0n) is 17.5. The number of rotatable bonds is 6. The Hall–Kier alpha value is -3.52. The van der Waals surface area contributed by atoms with Gasteiger partial charge in [-0.25, -0.2) is 8.78 Å². The number of carbonyl (C=O) groups excluding carboxylic acids is 1. The molecule has 1 heterocycles. The number of nitrogens with zero attached hydrogens (tertiary/aromatic N) is 3. The van der Waals surface area contributed by atoms with Crippen LogP contribution in [0.5, 0.6) is 0 Å². The molecule has 0 saturated carbocycles. The molecule has 32 heavy (non-hydrogen) atoms. The molecule has 4 aromatic rings. The third kappa shape index (κ3) is 4.70. The number of aromatic nitrogens is 3. The largest absolute Gasteiger partial charge is 0.325 e. The van der Waals surface area contributed by atoms with Crippen molar-refractivity contribution in [1.82, 2.24) is 14.8 Å². The van der Waals surface area contributed by atoms with Gasteiger partial charge in [0.05, 0.1) is 5.75 Å². The van der Waals surface area contributed by atoms with E-state index >= 15 is 0 Å². The van der Waals surface area contributed by atoms with Crippen LogP contribution in [0.15, 0.2) is 71.9 Å². The van der Waals surface area contributed by atoms with Crippen LogP contribution in [-0.4, -0.2) is 26.4 Å². The first kappa shape index (κ1) is 21.7. The van der Waals surface area contributed by atoms with E-state index in [-0.39, 0.29) is 23.3 Å². The number of anilines is 1. The molecule has 0 radical (unpaired) electrons. The van der Waals surface area contributed by atoms with E-state index in [1.807, 2.05) is 32.0 Å². The van der Waals surface area contributed by atoms with E-state index < -0.39 is 0 Å². The van der Waals surface area contributed by atoms with Crippen LogP contribution in [0.25, 0.3) is 17.1 Å². The van der Waals surface area contributed by atoms with Crippen LogP contribution >= 0.6 is 11.8 Å². The molecule has 0 aliphatic rings. The maximum Gasteiger partial charge on any atom is 0.234 e. The fourth-order valence-corrected chi connectivity index (χ4v) is 3.93. The number of benzene rings is 3. The minimum atomic E-state index is -0.368. The Balaban J connectivity index is 1.60. The summed E-state index contributed by atoms with van der Waals surface area (Å²) in [5.41, 5.74) is 4.15. The molecule has 0 aliphatic heterocycles. The highest BCUT2D eigenvalue weighted by molar-refractivity contribution is 7.99. The summed E-state index contributed by atoms with van der Waals surface area (Å²) < 4.78 is 28.6. The lowest BCUT2D eigenvalue weighted by Crippen LogP contribution is -2.15. The summed E-state index contributed by atoms with van der Waals surface area (Å²) in [7, 11) is 0. The Morgan fingerprint density at radius 2 is 1.59 bits per heavy atom. The van der Waals surface area contributed by atoms with Crippen LogP contribution < -0.4 is 5.32 Å². The first-order valence-corrected chi connectivity index (χ1v) is 10.9. The molecule has 162 valence electrons. The molecule has 0 bridgehead atoms. The highest BCUT2D eigenvalue weighted by Crippen LogP contribution is 2.28. The van der Waals surface area contributed by atoms with Crippen molar-refractivity contribution in [1.29, 1.82) is 0 Å². The minimum absolute atomic E-state index is 0.107. The number of hydrogen-bond donors (Lipinski definition) is 1. The van der Waals surface area contributed by atoms with Crippen molar-refractivity contribution in [2.75, 3.05) is 11.1 Å². The molecule has 0 atom stereocenters. The summed E-state index contributed by atoms with van der Waals surface area (Å²) >= 11 is 1.21.